The summed E-state index contributed by atoms with van der Waals surface area (Å²) in [6, 6.07) is 6.96. The smallest absolute Gasteiger partial charge is 0.248 e. The summed E-state index contributed by atoms with van der Waals surface area (Å²) in [7, 11) is 1.76. The molecule has 19 heavy (non-hydrogen) atoms. The maximum Gasteiger partial charge on any atom is 0.248 e. The van der Waals surface area contributed by atoms with Crippen molar-refractivity contribution in [3.8, 4) is 0 Å². The number of amides is 2. The normalized spacial score (nSPS) is 10.2. The Balaban J connectivity index is 2.49. The van der Waals surface area contributed by atoms with Crippen LogP contribution in [0.2, 0.25) is 0 Å². The number of nitrogens with zero attached hydrogens (tertiary/aromatic N) is 1. The third-order valence-electron chi connectivity index (χ3n) is 2.79. The number of likely N-dealkylation sites (N-methyl/N-ethyl adjacent to an activating group) is 1. The van der Waals surface area contributed by atoms with Gasteiger partial charge in [0, 0.05) is 19.2 Å². The van der Waals surface area contributed by atoms with Crippen molar-refractivity contribution >= 4 is 11.8 Å². The molecule has 1 aromatic rings. The van der Waals surface area contributed by atoms with Crippen LogP contribution in [0, 0.1) is 0 Å². The lowest BCUT2D eigenvalue weighted by atomic mass is 10.1. The zero-order valence-corrected chi connectivity index (χ0v) is 11.5. The number of primary amides is 1. The highest BCUT2D eigenvalue weighted by Crippen LogP contribution is 2.06. The molecular weight excluding hydrogens is 242 g/mol. The highest BCUT2D eigenvalue weighted by atomic mass is 16.2. The number of carbonyl (C=O) groups is 2. The lowest BCUT2D eigenvalue weighted by molar-refractivity contribution is -0.129. The summed E-state index contributed by atoms with van der Waals surface area (Å²) in [4.78, 5) is 24.4. The average Bonchev–Trinajstić information content (AvgIpc) is 2.39. The molecule has 1 aromatic carbocycles. The van der Waals surface area contributed by atoms with E-state index < -0.39 is 5.91 Å². The Labute approximate surface area is 113 Å². The molecule has 2 amide bonds. The van der Waals surface area contributed by atoms with E-state index in [1.165, 1.54) is 0 Å². The van der Waals surface area contributed by atoms with E-state index in [0.717, 1.165) is 18.5 Å². The van der Waals surface area contributed by atoms with Crippen molar-refractivity contribution in [1.82, 2.24) is 10.2 Å². The fraction of sp³-hybridized carbons (Fsp3) is 0.429. The number of benzene rings is 1. The molecule has 0 radical (unpaired) electrons. The van der Waals surface area contributed by atoms with Gasteiger partial charge in [0.1, 0.15) is 0 Å². The van der Waals surface area contributed by atoms with Crippen molar-refractivity contribution in [2.24, 2.45) is 5.73 Å². The van der Waals surface area contributed by atoms with E-state index in [0.29, 0.717) is 18.7 Å². The molecule has 0 spiro atoms. The summed E-state index contributed by atoms with van der Waals surface area (Å²) in [5, 5.41) is 3.07. The number of carbonyl (C=O) groups excluding carboxylic acids is 2. The summed E-state index contributed by atoms with van der Waals surface area (Å²) in [6.45, 7) is 3.77. The fourth-order valence-corrected chi connectivity index (χ4v) is 1.64. The van der Waals surface area contributed by atoms with Crippen LogP contribution >= 0.6 is 0 Å². The first-order chi connectivity index (χ1) is 9.04. The molecule has 5 heteroatoms. The van der Waals surface area contributed by atoms with Gasteiger partial charge in [0.15, 0.2) is 0 Å². The van der Waals surface area contributed by atoms with Crippen molar-refractivity contribution in [3.05, 3.63) is 35.4 Å². The van der Waals surface area contributed by atoms with Gasteiger partial charge in [0.05, 0.1) is 6.54 Å². The third-order valence-corrected chi connectivity index (χ3v) is 2.79. The number of hydrogen-bond acceptors (Lipinski definition) is 3. The molecule has 0 fully saturated rings. The maximum absolute atomic E-state index is 11.8. The molecule has 0 aromatic heterocycles. The molecule has 0 saturated carbocycles. The highest BCUT2D eigenvalue weighted by molar-refractivity contribution is 5.92. The van der Waals surface area contributed by atoms with Gasteiger partial charge in [0.2, 0.25) is 11.8 Å². The van der Waals surface area contributed by atoms with Crippen LogP contribution in [0.25, 0.3) is 0 Å². The molecule has 0 aliphatic carbocycles. The summed E-state index contributed by atoms with van der Waals surface area (Å²) in [5.74, 6) is -0.396. The van der Waals surface area contributed by atoms with Gasteiger partial charge >= 0.3 is 0 Å². The molecule has 3 N–H and O–H groups in total. The van der Waals surface area contributed by atoms with Gasteiger partial charge in [0.25, 0.3) is 0 Å². The van der Waals surface area contributed by atoms with Crippen LogP contribution in [0.15, 0.2) is 24.3 Å². The Kier molecular flexibility index (Phi) is 6.02. The summed E-state index contributed by atoms with van der Waals surface area (Å²) in [5.41, 5.74) is 6.61. The van der Waals surface area contributed by atoms with E-state index >= 15 is 0 Å². The first kappa shape index (κ1) is 15.2. The van der Waals surface area contributed by atoms with Crippen molar-refractivity contribution in [2.45, 2.75) is 19.9 Å². The van der Waals surface area contributed by atoms with Crippen LogP contribution in [0.5, 0.6) is 0 Å². The molecule has 0 heterocycles. The second-order valence-corrected chi connectivity index (χ2v) is 4.49. The van der Waals surface area contributed by atoms with Crippen LogP contribution in [0.4, 0.5) is 0 Å². The van der Waals surface area contributed by atoms with Gasteiger partial charge in [-0.05, 0) is 30.7 Å². The van der Waals surface area contributed by atoms with Gasteiger partial charge in [-0.15, -0.1) is 0 Å². The van der Waals surface area contributed by atoms with Crippen LogP contribution in [0.3, 0.4) is 0 Å². The first-order valence-electron chi connectivity index (χ1n) is 6.38. The van der Waals surface area contributed by atoms with E-state index in [9.17, 15) is 9.59 Å². The van der Waals surface area contributed by atoms with E-state index in [4.69, 9.17) is 5.73 Å². The Morgan fingerprint density at radius 2 is 1.89 bits per heavy atom. The lowest BCUT2D eigenvalue weighted by Crippen LogP contribution is -2.35. The molecule has 1 rings (SSSR count). The van der Waals surface area contributed by atoms with Gasteiger partial charge in [-0.2, -0.15) is 0 Å². The second kappa shape index (κ2) is 7.53. The predicted molar refractivity (Wildman–Crippen MR) is 74.6 cm³/mol. The standard InChI is InChI=1S/C14H21N3O2/c1-3-8-16-9-13(18)17(2)10-11-4-6-12(7-5-11)14(15)19/h4-7,16H,3,8-10H2,1-2H3,(H2,15,19). The summed E-state index contributed by atoms with van der Waals surface area (Å²) < 4.78 is 0. The zero-order chi connectivity index (χ0) is 14.3. The number of hydrogen-bond donors (Lipinski definition) is 2. The molecule has 0 atom stereocenters. The van der Waals surface area contributed by atoms with Gasteiger partial charge in [-0.3, -0.25) is 9.59 Å². The molecule has 0 saturated heterocycles. The van der Waals surface area contributed by atoms with Crippen LogP contribution in [-0.2, 0) is 11.3 Å². The van der Waals surface area contributed by atoms with Gasteiger partial charge in [-0.25, -0.2) is 0 Å². The van der Waals surface area contributed by atoms with Crippen molar-refractivity contribution in [2.75, 3.05) is 20.1 Å². The Hall–Kier alpha value is -1.88. The molecule has 0 aliphatic heterocycles. The van der Waals surface area contributed by atoms with E-state index in [2.05, 4.69) is 12.2 Å². The SMILES string of the molecule is CCCNCC(=O)N(C)Cc1ccc(C(N)=O)cc1. The first-order valence-corrected chi connectivity index (χ1v) is 6.38. The minimum Gasteiger partial charge on any atom is -0.366 e. The Bertz CT molecular complexity index is 429. The summed E-state index contributed by atoms with van der Waals surface area (Å²) >= 11 is 0. The van der Waals surface area contributed by atoms with Crippen molar-refractivity contribution in [3.63, 3.8) is 0 Å². The lowest BCUT2D eigenvalue weighted by Gasteiger charge is -2.17. The molecule has 0 aliphatic rings. The monoisotopic (exact) mass is 263 g/mol. The van der Waals surface area contributed by atoms with Crippen LogP contribution < -0.4 is 11.1 Å². The average molecular weight is 263 g/mol. The Morgan fingerprint density at radius 1 is 1.26 bits per heavy atom. The molecule has 5 nitrogen and oxygen atoms in total. The minimum atomic E-state index is -0.445. The largest absolute Gasteiger partial charge is 0.366 e. The fourth-order valence-electron chi connectivity index (χ4n) is 1.64. The Morgan fingerprint density at radius 3 is 2.42 bits per heavy atom. The molecule has 0 bridgehead atoms. The van der Waals surface area contributed by atoms with Crippen LogP contribution in [-0.4, -0.2) is 36.9 Å². The van der Waals surface area contributed by atoms with E-state index in [1.807, 2.05) is 12.1 Å². The quantitative estimate of drug-likeness (QED) is 0.713. The van der Waals surface area contributed by atoms with Gasteiger partial charge in [-0.1, -0.05) is 19.1 Å². The van der Waals surface area contributed by atoms with E-state index in [-0.39, 0.29) is 5.91 Å². The number of nitrogens with one attached hydrogen (secondary N) is 1. The highest BCUT2D eigenvalue weighted by Gasteiger charge is 2.08. The maximum atomic E-state index is 11.8. The molecular formula is C14H21N3O2. The van der Waals surface area contributed by atoms with Crippen molar-refractivity contribution in [1.29, 1.82) is 0 Å². The predicted octanol–water partition coefficient (Wildman–Crippen LogP) is 0.743. The second-order valence-electron chi connectivity index (χ2n) is 4.49. The summed E-state index contributed by atoms with van der Waals surface area (Å²) in [6.07, 6.45) is 1.01. The minimum absolute atomic E-state index is 0.0485. The molecule has 104 valence electrons. The van der Waals surface area contributed by atoms with Crippen LogP contribution in [0.1, 0.15) is 29.3 Å². The topological polar surface area (TPSA) is 75.4 Å². The third kappa shape index (κ3) is 5.09. The number of nitrogens with two attached hydrogens (primary N) is 1. The van der Waals surface area contributed by atoms with Gasteiger partial charge < -0.3 is 16.0 Å². The van der Waals surface area contributed by atoms with E-state index in [1.54, 1.807) is 24.1 Å². The van der Waals surface area contributed by atoms with Crippen molar-refractivity contribution < 1.29 is 9.59 Å². The zero-order valence-electron chi connectivity index (χ0n) is 11.5. The molecule has 0 unspecified atom stereocenters. The number of rotatable bonds is 7.